The van der Waals surface area contributed by atoms with Gasteiger partial charge in [-0.1, -0.05) is 0 Å². The second-order valence-electron chi connectivity index (χ2n) is 6.48. The maximum absolute atomic E-state index is 12.4. The number of benzene rings is 2. The van der Waals surface area contributed by atoms with E-state index in [1.54, 1.807) is 0 Å². The Bertz CT molecular complexity index is 1340. The maximum Gasteiger partial charge on any atom is 0.321 e. The minimum Gasteiger partial charge on any atom is -0.455 e. The van der Waals surface area contributed by atoms with Crippen molar-refractivity contribution >= 4 is 33.1 Å². The first kappa shape index (κ1) is 24.2. The molecule has 34 heavy (non-hydrogen) atoms. The van der Waals surface area contributed by atoms with Gasteiger partial charge >= 0.3 is 5.97 Å². The van der Waals surface area contributed by atoms with E-state index in [0.717, 1.165) is 12.1 Å². The summed E-state index contributed by atoms with van der Waals surface area (Å²) < 4.78 is 36.9. The number of carbonyl (C=O) groups is 1. The summed E-state index contributed by atoms with van der Waals surface area (Å²) >= 11 is 0. The summed E-state index contributed by atoms with van der Waals surface area (Å²) in [4.78, 5) is 32.0. The van der Waals surface area contributed by atoms with E-state index in [2.05, 4.69) is 15.5 Å². The fraction of sp³-hybridized carbons (Fsp3) is 0.167. The summed E-state index contributed by atoms with van der Waals surface area (Å²) in [6.45, 7) is -1.21. The molecule has 0 unspecified atom stereocenters. The predicted octanol–water partition coefficient (Wildman–Crippen LogP) is 1.62. The second-order valence-corrected chi connectivity index (χ2v) is 8.24. The zero-order valence-electron chi connectivity index (χ0n) is 17.3. The van der Waals surface area contributed by atoms with Crippen molar-refractivity contribution in [2.24, 2.45) is 0 Å². The van der Waals surface area contributed by atoms with Crippen LogP contribution in [0.15, 0.2) is 51.8 Å². The SMILES string of the molecule is CNc1ccc(S(=O)(=O)NCC(=O)OCc2nnc(-c3ccc([N+](=O)[O-])cc3)o2)cc1[N+](=O)[O-]. The number of aromatic nitrogens is 2. The third-order valence-corrected chi connectivity index (χ3v) is 5.70. The third-order valence-electron chi connectivity index (χ3n) is 4.30. The van der Waals surface area contributed by atoms with Crippen molar-refractivity contribution in [1.82, 2.24) is 14.9 Å². The first-order valence-corrected chi connectivity index (χ1v) is 10.8. The van der Waals surface area contributed by atoms with Gasteiger partial charge < -0.3 is 14.5 Å². The molecule has 0 fully saturated rings. The monoisotopic (exact) mass is 492 g/mol. The Hall–Kier alpha value is -4.44. The van der Waals surface area contributed by atoms with Crippen LogP contribution in [0.1, 0.15) is 5.89 Å². The molecule has 2 N–H and O–H groups in total. The van der Waals surface area contributed by atoms with Gasteiger partial charge in [-0.25, -0.2) is 8.42 Å². The number of nitrogens with zero attached hydrogens (tertiary/aromatic N) is 4. The molecule has 3 rings (SSSR count). The number of carbonyl (C=O) groups excluding carboxylic acids is 1. The zero-order valence-corrected chi connectivity index (χ0v) is 18.1. The van der Waals surface area contributed by atoms with Crippen LogP contribution in [0.3, 0.4) is 0 Å². The molecule has 1 heterocycles. The van der Waals surface area contributed by atoms with Crippen LogP contribution in [0, 0.1) is 20.2 Å². The number of ether oxygens (including phenoxy) is 1. The lowest BCUT2D eigenvalue weighted by atomic mass is 10.2. The summed E-state index contributed by atoms with van der Waals surface area (Å²) in [5, 5.41) is 31.8. The molecule has 1 aromatic heterocycles. The average Bonchev–Trinajstić information content (AvgIpc) is 3.30. The Labute approximate surface area is 191 Å². The molecule has 16 heteroatoms. The first-order chi connectivity index (χ1) is 16.1. The van der Waals surface area contributed by atoms with Crippen LogP contribution in [0.5, 0.6) is 0 Å². The molecule has 0 aliphatic rings. The molecule has 0 saturated heterocycles. The van der Waals surface area contributed by atoms with Gasteiger partial charge in [0.05, 0.1) is 14.7 Å². The van der Waals surface area contributed by atoms with E-state index in [1.165, 1.54) is 37.4 Å². The largest absolute Gasteiger partial charge is 0.455 e. The van der Waals surface area contributed by atoms with Crippen LogP contribution in [-0.2, 0) is 26.2 Å². The van der Waals surface area contributed by atoms with Crippen molar-refractivity contribution in [3.63, 3.8) is 0 Å². The normalized spacial score (nSPS) is 11.1. The van der Waals surface area contributed by atoms with E-state index in [0.29, 0.717) is 5.56 Å². The molecule has 178 valence electrons. The average molecular weight is 492 g/mol. The maximum atomic E-state index is 12.4. The standard InChI is InChI=1S/C18H16N6O9S/c1-19-14-7-6-13(8-15(14)24(28)29)34(30,31)20-9-17(25)32-10-16-21-22-18(33-16)11-2-4-12(5-3-11)23(26)27/h2-8,19-20H,9-10H2,1H3. The number of hydrogen-bond acceptors (Lipinski definition) is 12. The second kappa shape index (κ2) is 10.0. The Morgan fingerprint density at radius 1 is 1.09 bits per heavy atom. The number of nitro groups is 2. The van der Waals surface area contributed by atoms with Crippen LogP contribution in [0.25, 0.3) is 11.5 Å². The lowest BCUT2D eigenvalue weighted by molar-refractivity contribution is -0.384. The van der Waals surface area contributed by atoms with Crippen molar-refractivity contribution in [3.05, 3.63) is 68.6 Å². The Kier molecular flexibility index (Phi) is 7.12. The van der Waals surface area contributed by atoms with Gasteiger partial charge in [-0.15, -0.1) is 10.2 Å². The number of non-ortho nitro benzene ring substituents is 1. The molecule has 0 aliphatic heterocycles. The highest BCUT2D eigenvalue weighted by Crippen LogP contribution is 2.27. The van der Waals surface area contributed by atoms with E-state index in [1.807, 2.05) is 4.72 Å². The van der Waals surface area contributed by atoms with Crippen LogP contribution in [0.2, 0.25) is 0 Å². The van der Waals surface area contributed by atoms with Crippen molar-refractivity contribution in [3.8, 4) is 11.5 Å². The quantitative estimate of drug-likeness (QED) is 0.235. The van der Waals surface area contributed by atoms with Gasteiger partial charge in [0.2, 0.25) is 15.9 Å². The summed E-state index contributed by atoms with van der Waals surface area (Å²) in [7, 11) is -2.80. The summed E-state index contributed by atoms with van der Waals surface area (Å²) in [6, 6.07) is 8.55. The lowest BCUT2D eigenvalue weighted by Crippen LogP contribution is -2.30. The number of nitrogens with one attached hydrogen (secondary N) is 2. The van der Waals surface area contributed by atoms with Crippen LogP contribution < -0.4 is 10.0 Å². The molecule has 2 aromatic carbocycles. The van der Waals surface area contributed by atoms with Crippen LogP contribution in [-0.4, -0.2) is 48.0 Å². The van der Waals surface area contributed by atoms with E-state index in [9.17, 15) is 33.4 Å². The van der Waals surface area contributed by atoms with Gasteiger partial charge in [0.15, 0.2) is 6.61 Å². The van der Waals surface area contributed by atoms with Crippen molar-refractivity contribution in [2.45, 2.75) is 11.5 Å². The smallest absolute Gasteiger partial charge is 0.321 e. The molecular weight excluding hydrogens is 476 g/mol. The van der Waals surface area contributed by atoms with Gasteiger partial charge in [0.1, 0.15) is 12.2 Å². The molecule has 0 amide bonds. The Morgan fingerprint density at radius 2 is 1.79 bits per heavy atom. The van der Waals surface area contributed by atoms with Gasteiger partial charge in [0, 0.05) is 30.8 Å². The van der Waals surface area contributed by atoms with Crippen molar-refractivity contribution in [1.29, 1.82) is 0 Å². The minimum atomic E-state index is -4.24. The van der Waals surface area contributed by atoms with Gasteiger partial charge in [-0.3, -0.25) is 25.0 Å². The third kappa shape index (κ3) is 5.67. The van der Waals surface area contributed by atoms with E-state index < -0.39 is 49.6 Å². The molecule has 0 aliphatic carbocycles. The Balaban J connectivity index is 1.57. The number of hydrogen-bond donors (Lipinski definition) is 2. The van der Waals surface area contributed by atoms with Crippen molar-refractivity contribution in [2.75, 3.05) is 18.9 Å². The molecule has 0 radical (unpaired) electrons. The fourth-order valence-electron chi connectivity index (χ4n) is 2.63. The van der Waals surface area contributed by atoms with Crippen LogP contribution >= 0.6 is 0 Å². The lowest BCUT2D eigenvalue weighted by Gasteiger charge is -2.08. The molecule has 0 bridgehead atoms. The van der Waals surface area contributed by atoms with Gasteiger partial charge in [-0.2, -0.15) is 4.72 Å². The van der Waals surface area contributed by atoms with Crippen molar-refractivity contribution < 1.29 is 32.2 Å². The van der Waals surface area contributed by atoms with Gasteiger partial charge in [0.25, 0.3) is 17.3 Å². The number of esters is 1. The minimum absolute atomic E-state index is 0.0354. The predicted molar refractivity (Wildman–Crippen MR) is 114 cm³/mol. The molecule has 0 spiro atoms. The summed E-state index contributed by atoms with van der Waals surface area (Å²) in [5.41, 5.74) is -0.0431. The highest BCUT2D eigenvalue weighted by molar-refractivity contribution is 7.89. The van der Waals surface area contributed by atoms with Gasteiger partial charge in [-0.05, 0) is 24.3 Å². The van der Waals surface area contributed by atoms with E-state index >= 15 is 0 Å². The summed E-state index contributed by atoms with van der Waals surface area (Å²) in [6.07, 6.45) is 0. The fourth-order valence-corrected chi connectivity index (χ4v) is 3.61. The molecule has 15 nitrogen and oxygen atoms in total. The number of rotatable bonds is 10. The summed E-state index contributed by atoms with van der Waals surface area (Å²) in [5.74, 6) is -1.03. The number of nitro benzene ring substituents is 2. The van der Waals surface area contributed by atoms with E-state index in [4.69, 9.17) is 9.15 Å². The number of anilines is 1. The molecule has 0 atom stereocenters. The topological polar surface area (TPSA) is 210 Å². The Morgan fingerprint density at radius 3 is 2.41 bits per heavy atom. The molecule has 3 aromatic rings. The highest BCUT2D eigenvalue weighted by atomic mass is 32.2. The molecule has 0 saturated carbocycles. The van der Waals surface area contributed by atoms with E-state index in [-0.39, 0.29) is 23.2 Å². The number of sulfonamides is 1. The zero-order chi connectivity index (χ0) is 24.9. The highest BCUT2D eigenvalue weighted by Gasteiger charge is 2.22. The molecular formula is C18H16N6O9S. The van der Waals surface area contributed by atoms with Crippen LogP contribution in [0.4, 0.5) is 17.1 Å². The first-order valence-electron chi connectivity index (χ1n) is 9.29.